The second-order valence-corrected chi connectivity index (χ2v) is 16.0. The van der Waals surface area contributed by atoms with Gasteiger partial charge in [0.15, 0.2) is 0 Å². The van der Waals surface area contributed by atoms with Gasteiger partial charge in [-0.05, 0) is 144 Å². The molecule has 10 heteroatoms. The molecule has 0 saturated carbocycles. The van der Waals surface area contributed by atoms with Crippen LogP contribution in [-0.4, -0.2) is 49.8 Å². The van der Waals surface area contributed by atoms with E-state index in [1.165, 1.54) is 0 Å². The third-order valence-electron chi connectivity index (χ3n) is 11.6. The molecule has 0 fully saturated rings. The van der Waals surface area contributed by atoms with Crippen LogP contribution in [0.2, 0.25) is 0 Å². The zero-order valence-corrected chi connectivity index (χ0v) is 36.2. The average Bonchev–Trinajstić information content (AvgIpc) is 3.41. The summed E-state index contributed by atoms with van der Waals surface area (Å²) in [6.45, 7) is 1.94. The molecule has 0 unspecified atom stereocenters. The highest BCUT2D eigenvalue weighted by Gasteiger charge is 2.16. The molecule has 316 valence electrons. The molecular formula is C57H38N10. The van der Waals surface area contributed by atoms with E-state index in [-0.39, 0.29) is 0 Å². The van der Waals surface area contributed by atoms with Crippen LogP contribution in [0.1, 0.15) is 5.82 Å². The fraction of sp³-hybridized carbons (Fsp3) is 0.0175. The largest absolute Gasteiger partial charge is 0.265 e. The first kappa shape index (κ1) is 40.5. The summed E-state index contributed by atoms with van der Waals surface area (Å²) < 4.78 is 0. The average molecular weight is 863 g/mol. The predicted octanol–water partition coefficient (Wildman–Crippen LogP) is 12.6. The van der Waals surface area contributed by atoms with Gasteiger partial charge in [-0.15, -0.1) is 0 Å². The van der Waals surface area contributed by atoms with Gasteiger partial charge in [-0.3, -0.25) is 39.9 Å². The quantitative estimate of drug-likeness (QED) is 0.131. The highest BCUT2D eigenvalue weighted by Crippen LogP contribution is 2.37. The van der Waals surface area contributed by atoms with Gasteiger partial charge >= 0.3 is 0 Å². The van der Waals surface area contributed by atoms with Crippen LogP contribution in [0.3, 0.4) is 0 Å². The second kappa shape index (κ2) is 18.1. The number of rotatable bonds is 10. The van der Waals surface area contributed by atoms with E-state index in [0.717, 1.165) is 112 Å². The summed E-state index contributed by atoms with van der Waals surface area (Å²) in [6, 6.07) is 47.4. The minimum absolute atomic E-state index is 0.643. The molecule has 0 radical (unpaired) electrons. The van der Waals surface area contributed by atoms with Crippen molar-refractivity contribution < 1.29 is 0 Å². The Labute approximate surface area is 387 Å². The maximum absolute atomic E-state index is 5.06. The molecule has 0 atom stereocenters. The van der Waals surface area contributed by atoms with Gasteiger partial charge in [0.05, 0.1) is 34.2 Å². The van der Waals surface area contributed by atoms with Crippen molar-refractivity contribution in [1.82, 2.24) is 49.8 Å². The van der Waals surface area contributed by atoms with E-state index in [1.807, 2.05) is 105 Å². The van der Waals surface area contributed by atoms with Crippen LogP contribution in [0.4, 0.5) is 0 Å². The molecule has 0 spiro atoms. The number of hydrogen-bond donors (Lipinski definition) is 0. The third kappa shape index (κ3) is 8.83. The lowest BCUT2D eigenvalue weighted by Gasteiger charge is -2.14. The van der Waals surface area contributed by atoms with Crippen molar-refractivity contribution in [1.29, 1.82) is 0 Å². The number of pyridine rings is 8. The SMILES string of the molecule is Cc1nc(-c2cc(-c3ccc(-c4ccncc4)nc3)cc(-c3ccc(-c4ccncc4)nc3)c2)cc(-c2cc(-c3ccc(-c4ccncc4)nc3)cc(-c3ccc(-c4ccncc4)nc3)c2)n1. The van der Waals surface area contributed by atoms with Crippen molar-refractivity contribution in [3.05, 3.63) is 220 Å². The zero-order chi connectivity index (χ0) is 44.9. The minimum atomic E-state index is 0.643. The molecule has 0 amide bonds. The Balaban J connectivity index is 1.02. The summed E-state index contributed by atoms with van der Waals surface area (Å²) in [5.74, 6) is 0.643. The summed E-state index contributed by atoms with van der Waals surface area (Å²) in [7, 11) is 0. The molecular weight excluding hydrogens is 825 g/mol. The number of aromatic nitrogens is 10. The van der Waals surface area contributed by atoms with E-state index in [2.05, 4.69) is 86.7 Å². The van der Waals surface area contributed by atoms with Crippen LogP contribution < -0.4 is 0 Å². The second-order valence-electron chi connectivity index (χ2n) is 16.0. The normalized spacial score (nSPS) is 11.1. The Morgan fingerprint density at radius 3 is 0.716 bits per heavy atom. The van der Waals surface area contributed by atoms with Gasteiger partial charge in [-0.25, -0.2) is 9.97 Å². The summed E-state index contributed by atoms with van der Waals surface area (Å²) in [5, 5.41) is 0. The molecule has 0 aliphatic carbocycles. The topological polar surface area (TPSA) is 129 Å². The molecule has 67 heavy (non-hydrogen) atoms. The Morgan fingerprint density at radius 1 is 0.224 bits per heavy atom. The maximum Gasteiger partial charge on any atom is 0.126 e. The fourth-order valence-corrected chi connectivity index (χ4v) is 8.11. The lowest BCUT2D eigenvalue weighted by molar-refractivity contribution is 1.06. The van der Waals surface area contributed by atoms with Crippen LogP contribution in [0.25, 0.3) is 112 Å². The molecule has 11 aromatic rings. The van der Waals surface area contributed by atoms with Crippen LogP contribution >= 0.6 is 0 Å². The minimum Gasteiger partial charge on any atom is -0.265 e. The van der Waals surface area contributed by atoms with Gasteiger partial charge in [0.2, 0.25) is 0 Å². The van der Waals surface area contributed by atoms with Crippen molar-refractivity contribution in [3.63, 3.8) is 0 Å². The van der Waals surface area contributed by atoms with Gasteiger partial charge in [0.1, 0.15) is 5.82 Å². The van der Waals surface area contributed by atoms with E-state index >= 15 is 0 Å². The lowest BCUT2D eigenvalue weighted by atomic mass is 9.94. The van der Waals surface area contributed by atoms with E-state index in [4.69, 9.17) is 29.9 Å². The first-order valence-corrected chi connectivity index (χ1v) is 21.7. The van der Waals surface area contributed by atoms with Crippen LogP contribution in [-0.2, 0) is 0 Å². The summed E-state index contributed by atoms with van der Waals surface area (Å²) >= 11 is 0. The Kier molecular flexibility index (Phi) is 10.9. The maximum atomic E-state index is 5.06. The summed E-state index contributed by atoms with van der Waals surface area (Å²) in [6.07, 6.45) is 21.9. The highest BCUT2D eigenvalue weighted by atomic mass is 14.9. The molecule has 11 rings (SSSR count). The third-order valence-corrected chi connectivity index (χ3v) is 11.6. The number of hydrogen-bond acceptors (Lipinski definition) is 10. The van der Waals surface area contributed by atoms with Gasteiger partial charge in [-0.2, -0.15) is 0 Å². The van der Waals surface area contributed by atoms with E-state index < -0.39 is 0 Å². The van der Waals surface area contributed by atoms with Crippen LogP contribution in [0.15, 0.2) is 214 Å². The van der Waals surface area contributed by atoms with Crippen molar-refractivity contribution >= 4 is 0 Å². The molecule has 0 aliphatic heterocycles. The van der Waals surface area contributed by atoms with Crippen LogP contribution in [0, 0.1) is 6.92 Å². The molecule has 10 nitrogen and oxygen atoms in total. The molecule has 0 bridgehead atoms. The monoisotopic (exact) mass is 862 g/mol. The van der Waals surface area contributed by atoms with Gasteiger partial charge in [0.25, 0.3) is 0 Å². The lowest BCUT2D eigenvalue weighted by Crippen LogP contribution is -1.97. The van der Waals surface area contributed by atoms with Crippen molar-refractivity contribution in [2.24, 2.45) is 0 Å². The Morgan fingerprint density at radius 2 is 0.478 bits per heavy atom. The Bertz CT molecular complexity index is 3030. The van der Waals surface area contributed by atoms with Gasteiger partial charge in [-0.1, -0.05) is 24.3 Å². The number of benzene rings is 2. The zero-order valence-electron chi connectivity index (χ0n) is 36.2. The first-order chi connectivity index (χ1) is 33.1. The molecule has 0 N–H and O–H groups in total. The smallest absolute Gasteiger partial charge is 0.126 e. The van der Waals surface area contributed by atoms with E-state index in [1.54, 1.807) is 49.6 Å². The van der Waals surface area contributed by atoms with E-state index in [9.17, 15) is 0 Å². The summed E-state index contributed by atoms with van der Waals surface area (Å²) in [5.41, 5.74) is 18.8. The highest BCUT2D eigenvalue weighted by molar-refractivity contribution is 5.84. The van der Waals surface area contributed by atoms with Crippen LogP contribution in [0.5, 0.6) is 0 Å². The molecule has 9 heterocycles. The fourth-order valence-electron chi connectivity index (χ4n) is 8.11. The number of nitrogens with zero attached hydrogens (tertiary/aromatic N) is 10. The molecule has 9 aromatic heterocycles. The van der Waals surface area contributed by atoms with Gasteiger partial charge in [0, 0.05) is 130 Å². The Hall–Kier alpha value is -9.28. The molecule has 0 saturated heterocycles. The van der Waals surface area contributed by atoms with Crippen molar-refractivity contribution in [2.75, 3.05) is 0 Å². The van der Waals surface area contributed by atoms with Crippen molar-refractivity contribution in [3.8, 4) is 112 Å². The summed E-state index contributed by atoms with van der Waals surface area (Å²) in [4.78, 5) is 46.3. The van der Waals surface area contributed by atoms with Crippen molar-refractivity contribution in [2.45, 2.75) is 6.92 Å². The van der Waals surface area contributed by atoms with E-state index in [0.29, 0.717) is 5.82 Å². The first-order valence-electron chi connectivity index (χ1n) is 21.7. The predicted molar refractivity (Wildman–Crippen MR) is 263 cm³/mol. The molecule has 0 aliphatic rings. The number of aryl methyl sites for hydroxylation is 1. The standard InChI is InChI=1S/C57H38N10/c1-37-66-56(50-28-46(42-2-6-52(62-33-42)38-10-18-58-19-11-38)26-47(29-50)43-3-7-53(63-34-43)39-12-20-59-21-13-39)32-57(67-37)51-30-48(44-4-8-54(64-35-44)40-14-22-60-23-15-40)27-49(31-51)45-5-9-55(65-36-45)41-16-24-61-25-17-41/h2-36H,1H3. The molecule has 2 aromatic carbocycles. The van der Waals surface area contributed by atoms with Gasteiger partial charge < -0.3 is 0 Å².